The number of rotatable bonds is 3. The second kappa shape index (κ2) is 6.25. The van der Waals surface area contributed by atoms with E-state index in [2.05, 4.69) is 25.8 Å². The molecule has 4 nitrogen and oxygen atoms in total. The van der Waals surface area contributed by atoms with E-state index in [1.165, 1.54) is 6.42 Å². The molecule has 1 saturated heterocycles. The Labute approximate surface area is 121 Å². The summed E-state index contributed by atoms with van der Waals surface area (Å²) in [5.74, 6) is 1.09. The Morgan fingerprint density at radius 3 is 2.90 bits per heavy atom. The van der Waals surface area contributed by atoms with E-state index in [4.69, 9.17) is 5.73 Å². The Hall–Kier alpha value is -1.58. The number of carbonyl (C=O) groups is 1. The number of nitrogens with two attached hydrogens (primary N) is 1. The summed E-state index contributed by atoms with van der Waals surface area (Å²) in [7, 11) is 0. The highest BCUT2D eigenvalue weighted by atomic mass is 16.2. The maximum Gasteiger partial charge on any atom is 0.254 e. The third-order valence-corrected chi connectivity index (χ3v) is 4.29. The van der Waals surface area contributed by atoms with Gasteiger partial charge in [0.05, 0.1) is 0 Å². The van der Waals surface area contributed by atoms with Crippen molar-refractivity contribution in [1.82, 2.24) is 9.88 Å². The van der Waals surface area contributed by atoms with E-state index in [0.29, 0.717) is 23.3 Å². The molecule has 0 aliphatic carbocycles. The molecule has 110 valence electrons. The number of hydrogen-bond acceptors (Lipinski definition) is 3. The van der Waals surface area contributed by atoms with E-state index < -0.39 is 0 Å². The number of amides is 1. The Bertz CT molecular complexity index is 487. The van der Waals surface area contributed by atoms with Crippen LogP contribution < -0.4 is 5.73 Å². The maximum absolute atomic E-state index is 12.7. The molecule has 1 amide bonds. The molecule has 1 fully saturated rings. The lowest BCUT2D eigenvalue weighted by atomic mass is 9.91. The molecule has 0 aromatic carbocycles. The van der Waals surface area contributed by atoms with Gasteiger partial charge < -0.3 is 10.6 Å². The number of anilines is 1. The van der Waals surface area contributed by atoms with Gasteiger partial charge in [-0.05, 0) is 44.2 Å². The Morgan fingerprint density at radius 2 is 2.20 bits per heavy atom. The van der Waals surface area contributed by atoms with Crippen LogP contribution in [0.5, 0.6) is 0 Å². The first-order valence-corrected chi connectivity index (χ1v) is 7.60. The topological polar surface area (TPSA) is 59.2 Å². The molecule has 0 saturated carbocycles. The van der Waals surface area contributed by atoms with E-state index >= 15 is 0 Å². The Kier molecular flexibility index (Phi) is 4.63. The average molecular weight is 275 g/mol. The van der Waals surface area contributed by atoms with Gasteiger partial charge in [-0.2, -0.15) is 0 Å². The predicted molar refractivity (Wildman–Crippen MR) is 81.5 cm³/mol. The van der Waals surface area contributed by atoms with Crippen LogP contribution in [0.3, 0.4) is 0 Å². The number of nitrogens with zero attached hydrogens (tertiary/aromatic N) is 2. The molecule has 1 aromatic rings. The van der Waals surface area contributed by atoms with Gasteiger partial charge in [-0.1, -0.05) is 20.3 Å². The fourth-order valence-electron chi connectivity index (χ4n) is 2.91. The first-order valence-electron chi connectivity index (χ1n) is 7.60. The van der Waals surface area contributed by atoms with Gasteiger partial charge in [0, 0.05) is 23.8 Å². The Balaban J connectivity index is 2.23. The summed E-state index contributed by atoms with van der Waals surface area (Å²) >= 11 is 0. The number of pyridine rings is 1. The summed E-state index contributed by atoms with van der Waals surface area (Å²) in [5, 5.41) is 0. The Morgan fingerprint density at radius 1 is 1.45 bits per heavy atom. The van der Waals surface area contributed by atoms with Gasteiger partial charge in [-0.25, -0.2) is 4.98 Å². The summed E-state index contributed by atoms with van der Waals surface area (Å²) in [6.45, 7) is 7.29. The van der Waals surface area contributed by atoms with E-state index in [-0.39, 0.29) is 5.91 Å². The lowest BCUT2D eigenvalue weighted by molar-refractivity contribution is 0.0551. The quantitative estimate of drug-likeness (QED) is 0.922. The molecule has 2 unspecified atom stereocenters. The highest BCUT2D eigenvalue weighted by Crippen LogP contribution is 2.25. The van der Waals surface area contributed by atoms with Crippen LogP contribution in [0.4, 0.5) is 5.82 Å². The predicted octanol–water partition coefficient (Wildman–Crippen LogP) is 2.88. The first kappa shape index (κ1) is 14.8. The summed E-state index contributed by atoms with van der Waals surface area (Å²) < 4.78 is 0. The van der Waals surface area contributed by atoms with E-state index in [9.17, 15) is 4.79 Å². The SMILES string of the molecule is CCCc1cc(C(=O)N2CCCC(C)C2C)cc(N)n1. The third kappa shape index (κ3) is 3.11. The van der Waals surface area contributed by atoms with Crippen molar-refractivity contribution in [2.24, 2.45) is 5.92 Å². The molecule has 2 rings (SSSR count). The molecular formula is C16H25N3O. The lowest BCUT2D eigenvalue weighted by Gasteiger charge is -2.38. The molecule has 1 aliphatic heterocycles. The van der Waals surface area contributed by atoms with Gasteiger partial charge in [0.15, 0.2) is 0 Å². The first-order chi connectivity index (χ1) is 9.52. The molecule has 4 heteroatoms. The molecule has 0 bridgehead atoms. The number of aromatic nitrogens is 1. The molecule has 2 N–H and O–H groups in total. The van der Waals surface area contributed by atoms with Crippen LogP contribution >= 0.6 is 0 Å². The van der Waals surface area contributed by atoms with Gasteiger partial charge >= 0.3 is 0 Å². The van der Waals surface area contributed by atoms with E-state index in [0.717, 1.165) is 31.5 Å². The van der Waals surface area contributed by atoms with Crippen molar-refractivity contribution in [3.05, 3.63) is 23.4 Å². The molecule has 2 heterocycles. The summed E-state index contributed by atoms with van der Waals surface area (Å²) in [6.07, 6.45) is 4.14. The average Bonchev–Trinajstić information content (AvgIpc) is 2.41. The fourth-order valence-corrected chi connectivity index (χ4v) is 2.91. The van der Waals surface area contributed by atoms with E-state index in [1.807, 2.05) is 11.0 Å². The van der Waals surface area contributed by atoms with Gasteiger partial charge in [-0.15, -0.1) is 0 Å². The van der Waals surface area contributed by atoms with Crippen LogP contribution in [0.1, 0.15) is 56.1 Å². The summed E-state index contributed by atoms with van der Waals surface area (Å²) in [6, 6.07) is 3.89. The highest BCUT2D eigenvalue weighted by molar-refractivity contribution is 5.95. The number of hydrogen-bond donors (Lipinski definition) is 1. The van der Waals surface area contributed by atoms with Crippen LogP contribution in [0.15, 0.2) is 12.1 Å². The van der Waals surface area contributed by atoms with Gasteiger partial charge in [0.1, 0.15) is 5.82 Å². The summed E-state index contributed by atoms with van der Waals surface area (Å²) in [5.41, 5.74) is 7.43. The van der Waals surface area contributed by atoms with Crippen molar-refractivity contribution in [1.29, 1.82) is 0 Å². The molecule has 20 heavy (non-hydrogen) atoms. The summed E-state index contributed by atoms with van der Waals surface area (Å²) in [4.78, 5) is 19.0. The number of carbonyl (C=O) groups excluding carboxylic acids is 1. The minimum Gasteiger partial charge on any atom is -0.384 e. The van der Waals surface area contributed by atoms with Crippen molar-refractivity contribution in [2.45, 2.75) is 52.5 Å². The molecule has 1 aromatic heterocycles. The largest absolute Gasteiger partial charge is 0.384 e. The molecular weight excluding hydrogens is 250 g/mol. The number of aryl methyl sites for hydroxylation is 1. The minimum atomic E-state index is 0.0931. The smallest absolute Gasteiger partial charge is 0.254 e. The maximum atomic E-state index is 12.7. The van der Waals surface area contributed by atoms with Crippen LogP contribution in [-0.2, 0) is 6.42 Å². The van der Waals surface area contributed by atoms with Crippen LogP contribution in [0.25, 0.3) is 0 Å². The second-order valence-electron chi connectivity index (χ2n) is 5.88. The van der Waals surface area contributed by atoms with Crippen LogP contribution in [0, 0.1) is 5.92 Å². The van der Waals surface area contributed by atoms with Crippen LogP contribution in [0.2, 0.25) is 0 Å². The zero-order valence-corrected chi connectivity index (χ0v) is 12.7. The number of nitrogen functional groups attached to an aromatic ring is 1. The van der Waals surface area contributed by atoms with Crippen molar-refractivity contribution in [3.63, 3.8) is 0 Å². The molecule has 0 spiro atoms. The van der Waals surface area contributed by atoms with Gasteiger partial charge in [0.25, 0.3) is 5.91 Å². The molecule has 1 aliphatic rings. The molecule has 0 radical (unpaired) electrons. The lowest BCUT2D eigenvalue weighted by Crippen LogP contribution is -2.46. The van der Waals surface area contributed by atoms with E-state index in [1.54, 1.807) is 6.07 Å². The van der Waals surface area contributed by atoms with Crippen molar-refractivity contribution in [2.75, 3.05) is 12.3 Å². The highest BCUT2D eigenvalue weighted by Gasteiger charge is 2.29. The minimum absolute atomic E-state index is 0.0931. The fraction of sp³-hybridized carbons (Fsp3) is 0.625. The van der Waals surface area contributed by atoms with Crippen LogP contribution in [-0.4, -0.2) is 28.4 Å². The van der Waals surface area contributed by atoms with Crippen molar-refractivity contribution >= 4 is 11.7 Å². The monoisotopic (exact) mass is 275 g/mol. The standard InChI is InChI=1S/C16H25N3O/c1-4-6-14-9-13(10-15(17)18-14)16(20)19-8-5-7-11(2)12(19)3/h9-12H,4-8H2,1-3H3,(H2,17,18). The van der Waals surface area contributed by atoms with Crippen molar-refractivity contribution in [3.8, 4) is 0 Å². The third-order valence-electron chi connectivity index (χ3n) is 4.29. The second-order valence-corrected chi connectivity index (χ2v) is 5.88. The zero-order valence-electron chi connectivity index (χ0n) is 12.7. The van der Waals surface area contributed by atoms with Gasteiger partial charge in [0.2, 0.25) is 0 Å². The number of piperidine rings is 1. The van der Waals surface area contributed by atoms with Crippen molar-refractivity contribution < 1.29 is 4.79 Å². The zero-order chi connectivity index (χ0) is 14.7. The number of likely N-dealkylation sites (tertiary alicyclic amines) is 1. The van der Waals surface area contributed by atoms with Gasteiger partial charge in [-0.3, -0.25) is 4.79 Å². The normalized spacial score (nSPS) is 22.9. The molecule has 2 atom stereocenters.